The van der Waals surface area contributed by atoms with Crippen LogP contribution in [0.25, 0.3) is 0 Å². The third-order valence-electron chi connectivity index (χ3n) is 4.85. The zero-order valence-electron chi connectivity index (χ0n) is 13.6. The van der Waals surface area contributed by atoms with E-state index >= 15 is 0 Å². The molecule has 130 valence electrons. The van der Waals surface area contributed by atoms with E-state index in [0.29, 0.717) is 17.6 Å². The molecule has 0 atom stereocenters. The summed E-state index contributed by atoms with van der Waals surface area (Å²) < 4.78 is 5.36. The Balaban J connectivity index is 1.59. The molecule has 0 bridgehead atoms. The number of nitrogens with zero attached hydrogens (tertiary/aromatic N) is 3. The minimum absolute atomic E-state index is 0.0243. The molecule has 25 heavy (non-hydrogen) atoms. The van der Waals surface area contributed by atoms with Crippen molar-refractivity contribution in [2.24, 2.45) is 0 Å². The van der Waals surface area contributed by atoms with Gasteiger partial charge in [0.2, 0.25) is 5.89 Å². The van der Waals surface area contributed by atoms with Crippen LogP contribution in [0.5, 0.6) is 0 Å². The Morgan fingerprint density at radius 2 is 1.92 bits per heavy atom. The molecule has 8 heteroatoms. The van der Waals surface area contributed by atoms with Crippen molar-refractivity contribution in [1.29, 1.82) is 0 Å². The maximum Gasteiger partial charge on any atom is 0.337 e. The van der Waals surface area contributed by atoms with Crippen molar-refractivity contribution in [3.05, 3.63) is 41.3 Å². The summed E-state index contributed by atoms with van der Waals surface area (Å²) in [5, 5.41) is 16.2. The normalized spacial score (nSPS) is 18.9. The average molecular weight is 342 g/mol. The molecule has 1 amide bonds. The maximum atomic E-state index is 12.7. The first-order valence-electron chi connectivity index (χ1n) is 8.42. The lowest BCUT2D eigenvalue weighted by Crippen LogP contribution is -2.44. The molecule has 8 nitrogen and oxygen atoms in total. The number of carbonyl (C=O) groups is 2. The molecule has 0 aliphatic heterocycles. The van der Waals surface area contributed by atoms with Crippen molar-refractivity contribution in [2.45, 2.75) is 50.0 Å². The van der Waals surface area contributed by atoms with E-state index in [1.807, 2.05) is 0 Å². The highest BCUT2D eigenvalue weighted by molar-refractivity contribution is 5.97. The molecule has 2 heterocycles. The summed E-state index contributed by atoms with van der Waals surface area (Å²) in [6, 6.07) is 1.32. The molecule has 0 saturated heterocycles. The van der Waals surface area contributed by atoms with Crippen LogP contribution in [0.4, 0.5) is 0 Å². The van der Waals surface area contributed by atoms with Gasteiger partial charge < -0.3 is 14.9 Å². The summed E-state index contributed by atoms with van der Waals surface area (Å²) in [5.74, 6) is 0.0137. The first-order chi connectivity index (χ1) is 12.1. The molecule has 4 rings (SSSR count). The first kappa shape index (κ1) is 15.7. The predicted molar refractivity (Wildman–Crippen MR) is 85.1 cm³/mol. The number of carboxylic acids is 1. The van der Waals surface area contributed by atoms with Gasteiger partial charge in [0.1, 0.15) is 5.54 Å². The Morgan fingerprint density at radius 1 is 1.20 bits per heavy atom. The minimum atomic E-state index is -1.12. The minimum Gasteiger partial charge on any atom is -0.478 e. The highest BCUT2D eigenvalue weighted by Gasteiger charge is 2.42. The molecule has 0 spiro atoms. The van der Waals surface area contributed by atoms with Crippen molar-refractivity contribution in [3.8, 4) is 0 Å². The van der Waals surface area contributed by atoms with E-state index in [4.69, 9.17) is 9.63 Å². The van der Waals surface area contributed by atoms with Gasteiger partial charge in [-0.15, -0.1) is 0 Å². The Kier molecular flexibility index (Phi) is 3.74. The summed E-state index contributed by atoms with van der Waals surface area (Å²) in [5.41, 5.74) is -0.478. The number of rotatable bonds is 5. The van der Waals surface area contributed by atoms with Crippen LogP contribution in [-0.2, 0) is 5.54 Å². The highest BCUT2D eigenvalue weighted by Crippen LogP contribution is 2.42. The highest BCUT2D eigenvalue weighted by atomic mass is 16.5. The summed E-state index contributed by atoms with van der Waals surface area (Å²) in [6.07, 6.45) is 8.08. The molecular formula is C17H18N4O4. The quantitative estimate of drug-likeness (QED) is 0.855. The van der Waals surface area contributed by atoms with E-state index in [1.165, 1.54) is 18.5 Å². The van der Waals surface area contributed by atoms with Crippen LogP contribution in [0.1, 0.15) is 76.9 Å². The van der Waals surface area contributed by atoms with Crippen LogP contribution in [0.3, 0.4) is 0 Å². The summed E-state index contributed by atoms with van der Waals surface area (Å²) >= 11 is 0. The van der Waals surface area contributed by atoms with E-state index in [0.717, 1.165) is 38.5 Å². The number of hydrogen-bond acceptors (Lipinski definition) is 6. The Hall–Kier alpha value is -2.77. The second-order valence-electron chi connectivity index (χ2n) is 6.74. The second kappa shape index (κ2) is 5.94. The molecule has 0 aromatic carbocycles. The van der Waals surface area contributed by atoms with E-state index < -0.39 is 11.5 Å². The largest absolute Gasteiger partial charge is 0.478 e. The molecule has 2 N–H and O–H groups in total. The molecule has 0 unspecified atom stereocenters. The second-order valence-corrected chi connectivity index (χ2v) is 6.74. The van der Waals surface area contributed by atoms with Crippen LogP contribution in [0.2, 0.25) is 0 Å². The van der Waals surface area contributed by atoms with Crippen molar-refractivity contribution >= 4 is 11.9 Å². The number of carbonyl (C=O) groups excluding carboxylic acids is 1. The fourth-order valence-corrected chi connectivity index (χ4v) is 3.28. The monoisotopic (exact) mass is 342 g/mol. The number of aromatic carboxylic acids is 1. The fourth-order valence-electron chi connectivity index (χ4n) is 3.28. The van der Waals surface area contributed by atoms with Gasteiger partial charge in [-0.25, -0.2) is 4.79 Å². The zero-order valence-corrected chi connectivity index (χ0v) is 13.6. The van der Waals surface area contributed by atoms with Crippen molar-refractivity contribution in [2.75, 3.05) is 0 Å². The molecule has 2 fully saturated rings. The van der Waals surface area contributed by atoms with Gasteiger partial charge in [-0.05, 0) is 31.7 Å². The number of amides is 1. The number of aromatic nitrogens is 3. The number of hydrogen-bond donors (Lipinski definition) is 2. The van der Waals surface area contributed by atoms with Crippen LogP contribution in [0, 0.1) is 0 Å². The molecular weight excluding hydrogens is 324 g/mol. The smallest absolute Gasteiger partial charge is 0.337 e. The van der Waals surface area contributed by atoms with Gasteiger partial charge in [-0.2, -0.15) is 4.98 Å². The Labute approximate surface area is 143 Å². The summed E-state index contributed by atoms with van der Waals surface area (Å²) in [6.45, 7) is 0. The van der Waals surface area contributed by atoms with Crippen LogP contribution < -0.4 is 5.32 Å². The van der Waals surface area contributed by atoms with Gasteiger partial charge in [-0.1, -0.05) is 18.0 Å². The van der Waals surface area contributed by atoms with Gasteiger partial charge >= 0.3 is 5.97 Å². The van der Waals surface area contributed by atoms with Gasteiger partial charge in [0.05, 0.1) is 11.1 Å². The van der Waals surface area contributed by atoms with Crippen molar-refractivity contribution in [3.63, 3.8) is 0 Å². The SMILES string of the molecule is O=C(O)c1cncc(C(=O)NC2(c3noc(C4CC4)n3)CCCC2)c1. The van der Waals surface area contributed by atoms with Gasteiger partial charge in [0, 0.05) is 18.3 Å². The lowest BCUT2D eigenvalue weighted by atomic mass is 9.96. The van der Waals surface area contributed by atoms with E-state index in [9.17, 15) is 9.59 Å². The topological polar surface area (TPSA) is 118 Å². The summed E-state index contributed by atoms with van der Waals surface area (Å²) in [4.78, 5) is 32.1. The van der Waals surface area contributed by atoms with Gasteiger partial charge in [0.15, 0.2) is 5.82 Å². The van der Waals surface area contributed by atoms with Gasteiger partial charge in [0.25, 0.3) is 5.91 Å². The number of carboxylic acid groups (broad SMARTS) is 1. The van der Waals surface area contributed by atoms with Crippen molar-refractivity contribution in [1.82, 2.24) is 20.4 Å². The van der Waals surface area contributed by atoms with Crippen LogP contribution in [-0.4, -0.2) is 32.1 Å². The van der Waals surface area contributed by atoms with Crippen LogP contribution >= 0.6 is 0 Å². The maximum absolute atomic E-state index is 12.7. The first-order valence-corrected chi connectivity index (χ1v) is 8.42. The lowest BCUT2D eigenvalue weighted by Gasteiger charge is -2.26. The van der Waals surface area contributed by atoms with Crippen molar-refractivity contribution < 1.29 is 19.2 Å². The standard InChI is InChI=1S/C17H18N4O4/c22-13(11-7-12(15(23)24)9-18-8-11)20-17(5-1-2-6-17)16-19-14(25-21-16)10-3-4-10/h7-10H,1-6H2,(H,20,22)(H,23,24). The third-order valence-corrected chi connectivity index (χ3v) is 4.85. The molecule has 2 aliphatic rings. The van der Waals surface area contributed by atoms with E-state index in [2.05, 4.69) is 20.4 Å². The number of nitrogens with one attached hydrogen (secondary N) is 1. The van der Waals surface area contributed by atoms with Crippen LogP contribution in [0.15, 0.2) is 23.0 Å². The molecule has 2 aromatic heterocycles. The molecule has 2 aromatic rings. The molecule has 2 aliphatic carbocycles. The lowest BCUT2D eigenvalue weighted by molar-refractivity contribution is 0.0696. The molecule has 0 radical (unpaired) electrons. The van der Waals surface area contributed by atoms with Gasteiger partial charge in [-0.3, -0.25) is 9.78 Å². The van der Waals surface area contributed by atoms with E-state index in [-0.39, 0.29) is 17.0 Å². The predicted octanol–water partition coefficient (Wildman–Crippen LogP) is 2.24. The molecule has 2 saturated carbocycles. The fraction of sp³-hybridized carbons (Fsp3) is 0.471. The third kappa shape index (κ3) is 2.99. The summed E-state index contributed by atoms with van der Waals surface area (Å²) in [7, 11) is 0. The van der Waals surface area contributed by atoms with E-state index in [1.54, 1.807) is 0 Å². The number of pyridine rings is 1. The average Bonchev–Trinajstić information content (AvgIpc) is 3.15. The zero-order chi connectivity index (χ0) is 17.4. The Morgan fingerprint density at radius 3 is 2.60 bits per heavy atom. The Bertz CT molecular complexity index is 822.